The first-order valence-corrected chi connectivity index (χ1v) is 12.4. The molecule has 0 aromatic carbocycles. The lowest BCUT2D eigenvalue weighted by Gasteiger charge is -2.18. The number of hydrogen-bond donors (Lipinski definition) is 2. The summed E-state index contributed by atoms with van der Waals surface area (Å²) in [6.45, 7) is 2.91. The fourth-order valence-electron chi connectivity index (χ4n) is 4.41. The van der Waals surface area contributed by atoms with Crippen LogP contribution in [0, 0.1) is 6.92 Å². The molecule has 0 bridgehead atoms. The van der Waals surface area contributed by atoms with Crippen LogP contribution < -0.4 is 10.6 Å². The van der Waals surface area contributed by atoms with E-state index in [0.29, 0.717) is 35.1 Å². The third-order valence-corrected chi connectivity index (χ3v) is 7.59. The van der Waals surface area contributed by atoms with Crippen molar-refractivity contribution in [1.29, 1.82) is 0 Å². The predicted molar refractivity (Wildman–Crippen MR) is 136 cm³/mol. The maximum Gasteiger partial charge on any atom is 0.260 e. The quantitative estimate of drug-likeness (QED) is 0.408. The van der Waals surface area contributed by atoms with Gasteiger partial charge in [0, 0.05) is 37.5 Å². The minimum absolute atomic E-state index is 0.0481. The lowest BCUT2D eigenvalue weighted by molar-refractivity contribution is -0.116. The number of amides is 2. The number of pyridine rings is 1. The Labute approximate surface area is 207 Å². The molecule has 5 rings (SSSR count). The van der Waals surface area contributed by atoms with Crippen molar-refractivity contribution < 1.29 is 9.59 Å². The summed E-state index contributed by atoms with van der Waals surface area (Å²) in [5, 5.41) is 14.4. The van der Waals surface area contributed by atoms with Crippen molar-refractivity contribution in [2.45, 2.75) is 38.6 Å². The molecule has 0 aliphatic carbocycles. The average Bonchev–Trinajstić information content (AvgIpc) is 3.59. The van der Waals surface area contributed by atoms with Crippen molar-refractivity contribution >= 4 is 39.4 Å². The first-order chi connectivity index (χ1) is 16.9. The van der Waals surface area contributed by atoms with Crippen molar-refractivity contribution in [2.75, 3.05) is 24.2 Å². The summed E-state index contributed by atoms with van der Waals surface area (Å²) in [4.78, 5) is 34.0. The molecule has 0 saturated carbocycles. The molecule has 2 amide bonds. The predicted octanol–water partition coefficient (Wildman–Crippen LogP) is 3.56. The number of nitrogens with zero attached hydrogens (tertiary/aromatic N) is 6. The third-order valence-electron chi connectivity index (χ3n) is 6.42. The van der Waals surface area contributed by atoms with Crippen LogP contribution in [0.1, 0.15) is 41.7 Å². The van der Waals surface area contributed by atoms with E-state index < -0.39 is 0 Å². The molecular formula is C24H28N8O2S. The molecule has 10 nitrogen and oxygen atoms in total. The van der Waals surface area contributed by atoms with Gasteiger partial charge in [-0.05, 0) is 45.8 Å². The van der Waals surface area contributed by atoms with Crippen LogP contribution in [0.4, 0.5) is 11.4 Å². The Hall–Kier alpha value is -3.57. The number of aryl methyl sites for hydroxylation is 2. The van der Waals surface area contributed by atoms with Crippen LogP contribution >= 0.6 is 11.3 Å². The highest BCUT2D eigenvalue weighted by molar-refractivity contribution is 7.21. The highest BCUT2D eigenvalue weighted by atomic mass is 32.1. The Kier molecular flexibility index (Phi) is 6.35. The van der Waals surface area contributed by atoms with Crippen molar-refractivity contribution in [3.05, 3.63) is 48.3 Å². The van der Waals surface area contributed by atoms with Crippen LogP contribution in [0.15, 0.2) is 37.1 Å². The fraction of sp³-hybridized carbons (Fsp3) is 0.375. The number of hydrogen-bond acceptors (Lipinski definition) is 7. The standard InChI is InChI=1S/C24H28N8O2S/c1-15-20(9-17(11-25-15)28-22(33)7-6-18-5-4-8-30(18)2)29-23(34)19-12-27-32-14-21(35-24(19)32)16-10-26-31(3)13-16/h9-14,18H,4-8H2,1-3H3,(H,28,33)(H,29,34). The molecule has 1 unspecified atom stereocenters. The van der Waals surface area contributed by atoms with Gasteiger partial charge in [0.15, 0.2) is 0 Å². The largest absolute Gasteiger partial charge is 0.325 e. The third kappa shape index (κ3) is 4.96. The summed E-state index contributed by atoms with van der Waals surface area (Å²) in [7, 11) is 3.97. The zero-order valence-electron chi connectivity index (χ0n) is 20.0. The highest BCUT2D eigenvalue weighted by Gasteiger charge is 2.22. The van der Waals surface area contributed by atoms with Gasteiger partial charge in [0.25, 0.3) is 5.91 Å². The van der Waals surface area contributed by atoms with E-state index in [1.54, 1.807) is 33.9 Å². The topological polar surface area (TPSA) is 109 Å². The maximum atomic E-state index is 13.1. The molecule has 1 fully saturated rings. The average molecular weight is 493 g/mol. The number of carbonyl (C=O) groups is 2. The van der Waals surface area contributed by atoms with Gasteiger partial charge in [-0.3, -0.25) is 19.3 Å². The molecule has 11 heteroatoms. The van der Waals surface area contributed by atoms with Gasteiger partial charge in [-0.15, -0.1) is 11.3 Å². The van der Waals surface area contributed by atoms with Crippen LogP contribution in [0.5, 0.6) is 0 Å². The molecular weight excluding hydrogens is 464 g/mol. The normalized spacial score (nSPS) is 16.1. The number of nitrogens with one attached hydrogen (secondary N) is 2. The van der Waals surface area contributed by atoms with E-state index in [2.05, 4.69) is 37.8 Å². The SMILES string of the molecule is Cc1ncc(NC(=O)CCC2CCCN2C)cc1NC(=O)c1cnn2cc(-c3cnn(C)c3)sc12. The van der Waals surface area contributed by atoms with Crippen LogP contribution in [-0.4, -0.2) is 60.7 Å². The van der Waals surface area contributed by atoms with Gasteiger partial charge in [0.2, 0.25) is 5.91 Å². The number of thiazole rings is 1. The molecule has 1 saturated heterocycles. The number of rotatable bonds is 7. The Morgan fingerprint density at radius 2 is 2.00 bits per heavy atom. The lowest BCUT2D eigenvalue weighted by atomic mass is 10.1. The van der Waals surface area contributed by atoms with E-state index >= 15 is 0 Å². The lowest BCUT2D eigenvalue weighted by Crippen LogP contribution is -2.26. The second-order valence-electron chi connectivity index (χ2n) is 8.98. The minimum Gasteiger partial charge on any atom is -0.325 e. The Bertz CT molecular complexity index is 1390. The Morgan fingerprint density at radius 3 is 2.74 bits per heavy atom. The highest BCUT2D eigenvalue weighted by Crippen LogP contribution is 2.30. The molecule has 0 radical (unpaired) electrons. The van der Waals surface area contributed by atoms with Crippen LogP contribution in [0.3, 0.4) is 0 Å². The van der Waals surface area contributed by atoms with Crippen molar-refractivity contribution in [1.82, 2.24) is 29.3 Å². The number of carbonyl (C=O) groups excluding carboxylic acids is 2. The second kappa shape index (κ2) is 9.59. The van der Waals surface area contributed by atoms with Gasteiger partial charge in [0.05, 0.1) is 46.1 Å². The zero-order chi connectivity index (χ0) is 24.5. The number of fused-ring (bicyclic) bond motifs is 1. The van der Waals surface area contributed by atoms with E-state index in [0.717, 1.165) is 34.7 Å². The fourth-order valence-corrected chi connectivity index (χ4v) is 5.44. The van der Waals surface area contributed by atoms with Gasteiger partial charge in [-0.2, -0.15) is 10.2 Å². The molecule has 1 aliphatic heterocycles. The Morgan fingerprint density at radius 1 is 1.14 bits per heavy atom. The molecule has 5 heterocycles. The van der Waals surface area contributed by atoms with E-state index in [1.807, 2.05) is 26.4 Å². The monoisotopic (exact) mass is 492 g/mol. The number of likely N-dealkylation sites (tertiary alicyclic amines) is 1. The van der Waals surface area contributed by atoms with Crippen LogP contribution in [0.25, 0.3) is 15.3 Å². The molecule has 35 heavy (non-hydrogen) atoms. The van der Waals surface area contributed by atoms with E-state index in [4.69, 9.17) is 0 Å². The van der Waals surface area contributed by atoms with Gasteiger partial charge in [-0.25, -0.2) is 4.52 Å². The van der Waals surface area contributed by atoms with Crippen molar-refractivity contribution in [2.24, 2.45) is 7.05 Å². The molecule has 2 N–H and O–H groups in total. The van der Waals surface area contributed by atoms with Gasteiger partial charge < -0.3 is 15.5 Å². The van der Waals surface area contributed by atoms with Crippen molar-refractivity contribution in [3.8, 4) is 10.4 Å². The van der Waals surface area contributed by atoms with Gasteiger partial charge >= 0.3 is 0 Å². The first-order valence-electron chi connectivity index (χ1n) is 11.6. The summed E-state index contributed by atoms with van der Waals surface area (Å²) in [5.41, 5.74) is 3.21. The van der Waals surface area contributed by atoms with E-state index in [-0.39, 0.29) is 11.8 Å². The molecule has 1 atom stereocenters. The summed E-state index contributed by atoms with van der Waals surface area (Å²) >= 11 is 1.48. The van der Waals surface area contributed by atoms with E-state index in [1.165, 1.54) is 17.8 Å². The molecule has 4 aromatic heterocycles. The molecule has 0 spiro atoms. The first kappa shape index (κ1) is 23.2. The van der Waals surface area contributed by atoms with E-state index in [9.17, 15) is 9.59 Å². The van der Waals surface area contributed by atoms with Gasteiger partial charge in [0.1, 0.15) is 4.83 Å². The van der Waals surface area contributed by atoms with Crippen LogP contribution in [0.2, 0.25) is 0 Å². The zero-order valence-corrected chi connectivity index (χ0v) is 20.8. The number of aromatic nitrogens is 5. The summed E-state index contributed by atoms with van der Waals surface area (Å²) < 4.78 is 3.44. The maximum absolute atomic E-state index is 13.1. The summed E-state index contributed by atoms with van der Waals surface area (Å²) in [6, 6.07) is 2.21. The molecule has 182 valence electrons. The summed E-state index contributed by atoms with van der Waals surface area (Å²) in [5.74, 6) is -0.328. The molecule has 4 aromatic rings. The van der Waals surface area contributed by atoms with Gasteiger partial charge in [-0.1, -0.05) is 0 Å². The number of anilines is 2. The smallest absolute Gasteiger partial charge is 0.260 e. The minimum atomic E-state index is -0.280. The second-order valence-corrected chi connectivity index (χ2v) is 10.0. The van der Waals surface area contributed by atoms with Crippen LogP contribution in [-0.2, 0) is 11.8 Å². The molecule has 1 aliphatic rings. The Balaban J connectivity index is 1.27. The van der Waals surface area contributed by atoms with Crippen molar-refractivity contribution in [3.63, 3.8) is 0 Å². The summed E-state index contributed by atoms with van der Waals surface area (Å²) in [6.07, 6.45) is 12.4.